The van der Waals surface area contributed by atoms with Crippen molar-refractivity contribution in [1.82, 2.24) is 36.8 Å². The highest BCUT2D eigenvalue weighted by Crippen LogP contribution is 2.23. The van der Waals surface area contributed by atoms with Gasteiger partial charge in [0.25, 0.3) is 0 Å². The maximum absolute atomic E-state index is 13.5. The molecular weight excluding hydrogens is 524 g/mol. The molecule has 0 saturated carbocycles. The van der Waals surface area contributed by atoms with E-state index >= 15 is 0 Å². The van der Waals surface area contributed by atoms with Crippen LogP contribution >= 0.6 is 0 Å². The van der Waals surface area contributed by atoms with Crippen molar-refractivity contribution in [1.29, 1.82) is 0 Å². The number of amides is 6. The van der Waals surface area contributed by atoms with Crippen LogP contribution in [0.5, 0.6) is 0 Å². The molecule has 2 aliphatic rings. The summed E-state index contributed by atoms with van der Waals surface area (Å²) < 4.78 is 0. The minimum atomic E-state index is -1.36. The Balaban J connectivity index is 2.42. The lowest BCUT2D eigenvalue weighted by Crippen LogP contribution is -2.64. The normalized spacial score (nSPS) is 28.1. The van der Waals surface area contributed by atoms with Gasteiger partial charge in [0.15, 0.2) is 0 Å². The van der Waals surface area contributed by atoms with Crippen LogP contribution in [0.3, 0.4) is 0 Å². The van der Waals surface area contributed by atoms with Crippen LogP contribution in [0.1, 0.15) is 53.4 Å². The van der Waals surface area contributed by atoms with E-state index in [9.17, 15) is 33.9 Å². The van der Waals surface area contributed by atoms with E-state index in [-0.39, 0.29) is 18.9 Å². The van der Waals surface area contributed by atoms with Gasteiger partial charge in [-0.3, -0.25) is 33.7 Å². The fraction of sp³-hybridized carbons (Fsp3) is 0.760. The van der Waals surface area contributed by atoms with Gasteiger partial charge < -0.3 is 42.7 Å². The van der Waals surface area contributed by atoms with Gasteiger partial charge in [-0.15, -0.1) is 0 Å². The second-order valence-electron chi connectivity index (χ2n) is 11.2. The number of carbonyl (C=O) groups excluding carboxylic acids is 6. The largest absolute Gasteiger partial charge is 0.394 e. The number of nitrogens with two attached hydrogens (primary N) is 1. The highest BCUT2D eigenvalue weighted by Gasteiger charge is 2.43. The predicted molar refractivity (Wildman–Crippen MR) is 144 cm³/mol. The Morgan fingerprint density at radius 3 is 2.15 bits per heavy atom. The Morgan fingerprint density at radius 2 is 1.57 bits per heavy atom. The Kier molecular flexibility index (Phi) is 12.3. The molecule has 2 aliphatic heterocycles. The van der Waals surface area contributed by atoms with Crippen LogP contribution in [0, 0.1) is 0 Å². The lowest BCUT2D eigenvalue weighted by Gasteiger charge is -2.37. The summed E-state index contributed by atoms with van der Waals surface area (Å²) in [5.41, 5.74) is 5.03. The highest BCUT2D eigenvalue weighted by atomic mass is 16.3. The molecular formula is C25H44N8O7. The maximum Gasteiger partial charge on any atom is 0.245 e. The fourth-order valence-corrected chi connectivity index (χ4v) is 4.77. The SMILES string of the molecule is C[C@@H]1NC(=O)[C@H](CCCN)NC(=O)CNC(=O)[C@H](CO)NC(=O)CNC(=O)[C@@H]2CCCN2[C@@H]1C(=O)NC(C)(C)C. The minimum absolute atomic E-state index is 0.206. The summed E-state index contributed by atoms with van der Waals surface area (Å²) in [5, 5.41) is 25.1. The smallest absolute Gasteiger partial charge is 0.245 e. The van der Waals surface area contributed by atoms with E-state index in [0.29, 0.717) is 25.8 Å². The Bertz CT molecular complexity index is 954. The zero-order valence-electron chi connectivity index (χ0n) is 23.7. The monoisotopic (exact) mass is 568 g/mol. The van der Waals surface area contributed by atoms with Crippen LogP contribution in [0.4, 0.5) is 0 Å². The van der Waals surface area contributed by atoms with Gasteiger partial charge in [0.2, 0.25) is 35.4 Å². The molecule has 2 fully saturated rings. The van der Waals surface area contributed by atoms with Crippen molar-refractivity contribution < 1.29 is 33.9 Å². The first-order chi connectivity index (χ1) is 18.8. The second kappa shape index (κ2) is 14.9. The number of fused-ring (bicyclic) bond motifs is 1. The fourth-order valence-electron chi connectivity index (χ4n) is 4.77. The number of hydrogen-bond acceptors (Lipinski definition) is 9. The van der Waals surface area contributed by atoms with Gasteiger partial charge in [0.1, 0.15) is 18.1 Å². The Morgan fingerprint density at radius 1 is 0.975 bits per heavy atom. The van der Waals surface area contributed by atoms with Gasteiger partial charge in [0, 0.05) is 5.54 Å². The van der Waals surface area contributed by atoms with Crippen LogP contribution in [0.15, 0.2) is 0 Å². The average Bonchev–Trinajstić information content (AvgIpc) is 3.34. The van der Waals surface area contributed by atoms with E-state index in [1.807, 2.05) is 20.8 Å². The van der Waals surface area contributed by atoms with E-state index < -0.39 is 85.0 Å². The molecule has 15 nitrogen and oxygen atoms in total. The molecule has 0 aromatic heterocycles. The summed E-state index contributed by atoms with van der Waals surface area (Å²) in [6.07, 6.45) is 1.65. The highest BCUT2D eigenvalue weighted by molar-refractivity contribution is 5.94. The third kappa shape index (κ3) is 9.71. The number of nitrogens with one attached hydrogen (secondary N) is 6. The van der Waals surface area contributed by atoms with Crippen LogP contribution in [0.25, 0.3) is 0 Å². The molecule has 40 heavy (non-hydrogen) atoms. The number of aliphatic hydroxyl groups is 1. The molecule has 15 heteroatoms. The van der Waals surface area contributed by atoms with Crippen molar-refractivity contribution in [3.63, 3.8) is 0 Å². The van der Waals surface area contributed by atoms with E-state index in [0.717, 1.165) is 0 Å². The van der Waals surface area contributed by atoms with Gasteiger partial charge in [0.05, 0.1) is 31.8 Å². The van der Waals surface area contributed by atoms with Gasteiger partial charge in [-0.05, 0) is 66.5 Å². The Hall–Kier alpha value is -3.30. The number of hydrogen-bond donors (Lipinski definition) is 8. The van der Waals surface area contributed by atoms with Gasteiger partial charge in [-0.25, -0.2) is 0 Å². The van der Waals surface area contributed by atoms with E-state index in [4.69, 9.17) is 5.73 Å². The molecule has 0 aromatic carbocycles. The molecule has 2 saturated heterocycles. The average molecular weight is 569 g/mol. The predicted octanol–water partition coefficient (Wildman–Crippen LogP) is -3.81. The third-order valence-corrected chi connectivity index (χ3v) is 6.59. The van der Waals surface area contributed by atoms with Gasteiger partial charge in [-0.2, -0.15) is 0 Å². The molecule has 6 amide bonds. The molecule has 0 radical (unpaired) electrons. The summed E-state index contributed by atoms with van der Waals surface area (Å²) in [6, 6.07) is -4.83. The summed E-state index contributed by atoms with van der Waals surface area (Å²) in [6.45, 7) is 6.04. The molecule has 0 spiro atoms. The maximum atomic E-state index is 13.5. The molecule has 0 unspecified atom stereocenters. The molecule has 0 aromatic rings. The molecule has 226 valence electrons. The lowest BCUT2D eigenvalue weighted by molar-refractivity contribution is -0.136. The standard InChI is InChI=1S/C25H44N8O7/c1-14-20(24(40)32-25(2,3)4)33-10-6-8-17(33)23(39)28-12-19(36)31-16(13-34)21(37)27-11-18(35)30-15(7-5-9-26)22(38)29-14/h14-17,20,34H,5-13,26H2,1-4H3,(H,27,37)(H,28,39)(H,29,38)(H,30,35)(H,31,36)(H,32,40)/t14-,15-,16-,17-,20-/m0/s1. The second-order valence-corrected chi connectivity index (χ2v) is 11.2. The van der Waals surface area contributed by atoms with Crippen LogP contribution in [0.2, 0.25) is 0 Å². The zero-order chi connectivity index (χ0) is 30.0. The first kappa shape index (κ1) is 32.9. The number of aliphatic hydroxyl groups excluding tert-OH is 1. The van der Waals surface area contributed by atoms with Crippen molar-refractivity contribution in [2.75, 3.05) is 32.8 Å². The van der Waals surface area contributed by atoms with Gasteiger partial charge in [-0.1, -0.05) is 0 Å². The zero-order valence-corrected chi connectivity index (χ0v) is 23.7. The molecule has 5 atom stereocenters. The van der Waals surface area contributed by atoms with Gasteiger partial charge >= 0.3 is 0 Å². The number of rotatable bonds is 5. The van der Waals surface area contributed by atoms with Crippen LogP contribution < -0.4 is 37.6 Å². The summed E-state index contributed by atoms with van der Waals surface area (Å²) in [7, 11) is 0. The molecule has 2 rings (SSSR count). The molecule has 0 bridgehead atoms. The van der Waals surface area contributed by atoms with Crippen molar-refractivity contribution in [2.24, 2.45) is 5.73 Å². The first-order valence-electron chi connectivity index (χ1n) is 13.6. The number of carbonyl (C=O) groups is 6. The third-order valence-electron chi connectivity index (χ3n) is 6.59. The first-order valence-corrected chi connectivity index (χ1v) is 13.6. The molecule has 0 aliphatic carbocycles. The Labute approximate surface area is 234 Å². The number of nitrogens with zero attached hydrogens (tertiary/aromatic N) is 1. The van der Waals surface area contributed by atoms with E-state index in [2.05, 4.69) is 31.9 Å². The van der Waals surface area contributed by atoms with Crippen molar-refractivity contribution in [3.8, 4) is 0 Å². The van der Waals surface area contributed by atoms with E-state index in [1.54, 1.807) is 11.8 Å². The molecule has 2 heterocycles. The summed E-state index contributed by atoms with van der Waals surface area (Å²) >= 11 is 0. The van der Waals surface area contributed by atoms with Crippen molar-refractivity contribution in [2.45, 2.75) is 89.1 Å². The topological polar surface area (TPSA) is 224 Å². The lowest BCUT2D eigenvalue weighted by atomic mass is 10.0. The summed E-state index contributed by atoms with van der Waals surface area (Å²) in [5.74, 6) is -3.62. The van der Waals surface area contributed by atoms with Crippen molar-refractivity contribution >= 4 is 35.4 Å². The summed E-state index contributed by atoms with van der Waals surface area (Å²) in [4.78, 5) is 79.1. The molecule has 9 N–H and O–H groups in total. The van der Waals surface area contributed by atoms with Crippen LogP contribution in [-0.4, -0.2) is 114 Å². The van der Waals surface area contributed by atoms with E-state index in [1.165, 1.54) is 0 Å². The van der Waals surface area contributed by atoms with Crippen LogP contribution in [-0.2, 0) is 28.8 Å². The van der Waals surface area contributed by atoms with Crippen molar-refractivity contribution in [3.05, 3.63) is 0 Å². The minimum Gasteiger partial charge on any atom is -0.394 e. The quantitative estimate of drug-likeness (QED) is 0.162.